The van der Waals surface area contributed by atoms with Gasteiger partial charge in [-0.25, -0.2) is 9.97 Å². The van der Waals surface area contributed by atoms with Gasteiger partial charge in [-0.1, -0.05) is 19.3 Å². The Morgan fingerprint density at radius 2 is 2.00 bits per heavy atom. The molecule has 150 valence electrons. The van der Waals surface area contributed by atoms with Crippen LogP contribution in [-0.4, -0.2) is 39.1 Å². The standard InChI is InChI=1S/C21H27N5O2.H2/c1-21(2,28)17-9-8-15(10-22-17)16-11-23-19-20(24-16)26(13-18(27)25-19)12-14-6-4-3-5-7-14;/h8-11,14,28H,3-7,12-13H2,1-2H3,(H,23,25,27);1H. The number of fused-ring (bicyclic) bond motifs is 1. The van der Waals surface area contributed by atoms with E-state index in [4.69, 9.17) is 4.98 Å². The largest absolute Gasteiger partial charge is 0.384 e. The van der Waals surface area contributed by atoms with E-state index >= 15 is 0 Å². The molecular formula is C21H29N5O2. The van der Waals surface area contributed by atoms with Crippen LogP contribution in [0, 0.1) is 5.92 Å². The van der Waals surface area contributed by atoms with Crippen LogP contribution in [0.4, 0.5) is 11.6 Å². The molecule has 0 saturated heterocycles. The maximum atomic E-state index is 12.1. The highest BCUT2D eigenvalue weighted by Crippen LogP contribution is 2.32. The second-order valence-electron chi connectivity index (χ2n) is 8.35. The van der Waals surface area contributed by atoms with Crippen LogP contribution in [0.1, 0.15) is 53.1 Å². The van der Waals surface area contributed by atoms with Crippen molar-refractivity contribution in [2.24, 2.45) is 5.92 Å². The Hall–Kier alpha value is -2.54. The molecule has 2 aromatic rings. The number of nitrogens with zero attached hydrogens (tertiary/aromatic N) is 4. The highest BCUT2D eigenvalue weighted by atomic mass is 16.3. The summed E-state index contributed by atoms with van der Waals surface area (Å²) in [7, 11) is 0. The Kier molecular flexibility index (Phi) is 5.02. The fourth-order valence-electron chi connectivity index (χ4n) is 3.99. The van der Waals surface area contributed by atoms with Crippen molar-refractivity contribution in [3.8, 4) is 11.3 Å². The van der Waals surface area contributed by atoms with Gasteiger partial charge in [-0.15, -0.1) is 0 Å². The fourth-order valence-corrected chi connectivity index (χ4v) is 3.99. The molecule has 0 unspecified atom stereocenters. The number of carbonyl (C=O) groups excluding carboxylic acids is 1. The summed E-state index contributed by atoms with van der Waals surface area (Å²) in [5.74, 6) is 1.82. The predicted molar refractivity (Wildman–Crippen MR) is 110 cm³/mol. The van der Waals surface area contributed by atoms with Crippen LogP contribution in [-0.2, 0) is 10.4 Å². The number of hydrogen-bond acceptors (Lipinski definition) is 6. The summed E-state index contributed by atoms with van der Waals surface area (Å²) in [4.78, 5) is 27.8. The van der Waals surface area contributed by atoms with Gasteiger partial charge < -0.3 is 15.3 Å². The third kappa shape index (κ3) is 3.99. The molecule has 0 spiro atoms. The van der Waals surface area contributed by atoms with E-state index in [1.54, 1.807) is 32.3 Å². The molecule has 1 aliphatic carbocycles. The van der Waals surface area contributed by atoms with Crippen molar-refractivity contribution in [1.82, 2.24) is 15.0 Å². The minimum atomic E-state index is -0.985. The predicted octanol–water partition coefficient (Wildman–Crippen LogP) is 3.35. The molecule has 2 aromatic heterocycles. The maximum absolute atomic E-state index is 12.1. The first-order chi connectivity index (χ1) is 13.4. The molecule has 1 aliphatic heterocycles. The Bertz CT molecular complexity index is 860. The van der Waals surface area contributed by atoms with Gasteiger partial charge in [0, 0.05) is 19.7 Å². The lowest BCUT2D eigenvalue weighted by atomic mass is 9.89. The second kappa shape index (κ2) is 7.47. The van der Waals surface area contributed by atoms with E-state index in [9.17, 15) is 9.90 Å². The SMILES string of the molecule is CC(C)(O)c1ccc(-c2cnc3c(n2)N(CC2CCCCC2)CC(=O)N3)cn1.[HH]. The van der Waals surface area contributed by atoms with Crippen molar-refractivity contribution in [2.75, 3.05) is 23.3 Å². The summed E-state index contributed by atoms with van der Waals surface area (Å²) in [6.07, 6.45) is 9.63. The summed E-state index contributed by atoms with van der Waals surface area (Å²) in [5.41, 5.74) is 1.16. The number of anilines is 2. The van der Waals surface area contributed by atoms with Crippen LogP contribution < -0.4 is 10.2 Å². The highest BCUT2D eigenvalue weighted by molar-refractivity contribution is 5.99. The third-order valence-corrected chi connectivity index (χ3v) is 5.54. The van der Waals surface area contributed by atoms with Crippen molar-refractivity contribution in [2.45, 2.75) is 51.6 Å². The molecule has 4 rings (SSSR count). The van der Waals surface area contributed by atoms with E-state index in [0.29, 0.717) is 29.7 Å². The number of hydrogen-bond donors (Lipinski definition) is 2. The van der Waals surface area contributed by atoms with Crippen LogP contribution in [0.15, 0.2) is 24.5 Å². The smallest absolute Gasteiger partial charge is 0.245 e. The molecule has 7 nitrogen and oxygen atoms in total. The first kappa shape index (κ1) is 18.8. The molecule has 1 fully saturated rings. The van der Waals surface area contributed by atoms with Gasteiger partial charge in [-0.2, -0.15) is 0 Å². The minimum absolute atomic E-state index is 0. The highest BCUT2D eigenvalue weighted by Gasteiger charge is 2.28. The molecule has 0 radical (unpaired) electrons. The van der Waals surface area contributed by atoms with E-state index in [1.165, 1.54) is 32.1 Å². The van der Waals surface area contributed by atoms with Gasteiger partial charge in [0.25, 0.3) is 0 Å². The minimum Gasteiger partial charge on any atom is -0.384 e. The number of nitrogens with one attached hydrogen (secondary N) is 1. The summed E-state index contributed by atoms with van der Waals surface area (Å²) in [6, 6.07) is 3.70. The molecule has 0 atom stereocenters. The van der Waals surface area contributed by atoms with Crippen LogP contribution in [0.5, 0.6) is 0 Å². The Morgan fingerprint density at radius 3 is 2.68 bits per heavy atom. The molecule has 2 aliphatic rings. The zero-order valence-electron chi connectivity index (χ0n) is 16.5. The third-order valence-electron chi connectivity index (χ3n) is 5.54. The van der Waals surface area contributed by atoms with Gasteiger partial charge in [0.2, 0.25) is 5.91 Å². The zero-order valence-corrected chi connectivity index (χ0v) is 16.5. The lowest BCUT2D eigenvalue weighted by molar-refractivity contribution is -0.115. The fraction of sp³-hybridized carbons (Fsp3) is 0.524. The number of aromatic nitrogens is 3. The molecule has 0 bridgehead atoms. The van der Waals surface area contributed by atoms with E-state index < -0.39 is 5.60 Å². The molecule has 1 amide bonds. The summed E-state index contributed by atoms with van der Waals surface area (Å²) in [6.45, 7) is 4.57. The van der Waals surface area contributed by atoms with E-state index in [2.05, 4.69) is 20.2 Å². The van der Waals surface area contributed by atoms with Gasteiger partial charge >= 0.3 is 0 Å². The van der Waals surface area contributed by atoms with Gasteiger partial charge in [-0.3, -0.25) is 9.78 Å². The average Bonchev–Trinajstić information content (AvgIpc) is 2.68. The van der Waals surface area contributed by atoms with Crippen LogP contribution in [0.25, 0.3) is 11.3 Å². The van der Waals surface area contributed by atoms with Crippen LogP contribution in [0.3, 0.4) is 0 Å². The number of amides is 1. The van der Waals surface area contributed by atoms with Gasteiger partial charge in [0.15, 0.2) is 11.6 Å². The number of carbonyl (C=O) groups is 1. The van der Waals surface area contributed by atoms with Gasteiger partial charge in [-0.05, 0) is 44.7 Å². The summed E-state index contributed by atoms with van der Waals surface area (Å²) in [5, 5.41) is 12.9. The summed E-state index contributed by atoms with van der Waals surface area (Å²) < 4.78 is 0. The zero-order chi connectivity index (χ0) is 19.7. The normalized spacial score (nSPS) is 18.0. The lowest BCUT2D eigenvalue weighted by Gasteiger charge is -2.33. The van der Waals surface area contributed by atoms with Crippen molar-refractivity contribution < 1.29 is 11.3 Å². The first-order valence-electron chi connectivity index (χ1n) is 10.0. The maximum Gasteiger partial charge on any atom is 0.245 e. The number of aliphatic hydroxyl groups is 1. The average molecular weight is 383 g/mol. The molecule has 1 saturated carbocycles. The molecule has 2 N–H and O–H groups in total. The summed E-state index contributed by atoms with van der Waals surface area (Å²) >= 11 is 0. The molecule has 3 heterocycles. The van der Waals surface area contributed by atoms with E-state index in [0.717, 1.165) is 17.9 Å². The topological polar surface area (TPSA) is 91.2 Å². The number of pyridine rings is 1. The lowest BCUT2D eigenvalue weighted by Crippen LogP contribution is -2.42. The van der Waals surface area contributed by atoms with Crippen molar-refractivity contribution in [1.29, 1.82) is 0 Å². The van der Waals surface area contributed by atoms with Crippen molar-refractivity contribution in [3.05, 3.63) is 30.2 Å². The molecular weight excluding hydrogens is 354 g/mol. The molecule has 28 heavy (non-hydrogen) atoms. The number of rotatable bonds is 4. The van der Waals surface area contributed by atoms with E-state index in [1.807, 2.05) is 6.07 Å². The first-order valence-corrected chi connectivity index (χ1v) is 10.0. The molecule has 0 aromatic carbocycles. The quantitative estimate of drug-likeness (QED) is 0.841. The Morgan fingerprint density at radius 1 is 1.21 bits per heavy atom. The van der Waals surface area contributed by atoms with Crippen LogP contribution in [0.2, 0.25) is 0 Å². The Balaban J connectivity index is 0.00000240. The molecule has 7 heteroatoms. The Labute approximate surface area is 166 Å². The van der Waals surface area contributed by atoms with E-state index in [-0.39, 0.29) is 7.33 Å². The second-order valence-corrected chi connectivity index (χ2v) is 8.35. The van der Waals surface area contributed by atoms with Crippen molar-refractivity contribution >= 4 is 17.5 Å². The van der Waals surface area contributed by atoms with Gasteiger partial charge in [0.05, 0.1) is 24.1 Å². The monoisotopic (exact) mass is 383 g/mol. The van der Waals surface area contributed by atoms with Gasteiger partial charge in [0.1, 0.15) is 5.60 Å². The van der Waals surface area contributed by atoms with Crippen LogP contribution >= 0.6 is 0 Å². The van der Waals surface area contributed by atoms with Crippen molar-refractivity contribution in [3.63, 3.8) is 0 Å².